The lowest BCUT2D eigenvalue weighted by Gasteiger charge is -2.20. The zero-order valence-corrected chi connectivity index (χ0v) is 16.2. The molecular formula is C18H25N3O3S. The highest BCUT2D eigenvalue weighted by atomic mass is 32.2. The van der Waals surface area contributed by atoms with Crippen LogP contribution in [0.15, 0.2) is 33.9 Å². The van der Waals surface area contributed by atoms with E-state index in [4.69, 9.17) is 9.15 Å². The Kier molecular flexibility index (Phi) is 6.47. The van der Waals surface area contributed by atoms with Crippen LogP contribution in [0.4, 0.5) is 5.69 Å². The summed E-state index contributed by atoms with van der Waals surface area (Å²) in [7, 11) is 0. The van der Waals surface area contributed by atoms with E-state index in [0.29, 0.717) is 11.1 Å². The molecule has 0 aliphatic carbocycles. The van der Waals surface area contributed by atoms with Gasteiger partial charge in [-0.1, -0.05) is 11.8 Å². The molecule has 2 rings (SSSR count). The summed E-state index contributed by atoms with van der Waals surface area (Å²) >= 11 is 1.18. The third kappa shape index (κ3) is 5.77. The van der Waals surface area contributed by atoms with E-state index in [-0.39, 0.29) is 11.7 Å². The van der Waals surface area contributed by atoms with Crippen LogP contribution in [-0.2, 0) is 9.53 Å². The van der Waals surface area contributed by atoms with E-state index in [2.05, 4.69) is 28.9 Å². The number of ether oxygens (including phenoxy) is 1. The van der Waals surface area contributed by atoms with Crippen LogP contribution < -0.4 is 4.90 Å². The predicted molar refractivity (Wildman–Crippen MR) is 99.9 cm³/mol. The van der Waals surface area contributed by atoms with E-state index in [1.807, 2.05) is 45.0 Å². The van der Waals surface area contributed by atoms with Crippen LogP contribution in [0, 0.1) is 0 Å². The van der Waals surface area contributed by atoms with Gasteiger partial charge in [0, 0.05) is 24.3 Å². The van der Waals surface area contributed by atoms with E-state index in [1.165, 1.54) is 11.8 Å². The molecule has 6 nitrogen and oxygen atoms in total. The van der Waals surface area contributed by atoms with Gasteiger partial charge in [-0.15, -0.1) is 10.2 Å². The standard InChI is InChI=1S/C18H25N3O3S/c1-6-21(7-2)14-10-8-13(9-11-14)16-19-20-17(23-16)25-12-15(22)24-18(3,4)5/h8-11H,6-7,12H2,1-5H3. The van der Waals surface area contributed by atoms with Crippen LogP contribution in [0.2, 0.25) is 0 Å². The summed E-state index contributed by atoms with van der Waals surface area (Å²) in [5, 5.41) is 8.38. The molecule has 0 fully saturated rings. The minimum atomic E-state index is -0.496. The topological polar surface area (TPSA) is 68.5 Å². The van der Waals surface area contributed by atoms with E-state index in [0.717, 1.165) is 24.3 Å². The van der Waals surface area contributed by atoms with Crippen molar-refractivity contribution in [2.45, 2.75) is 45.4 Å². The molecule has 0 atom stereocenters. The van der Waals surface area contributed by atoms with Crippen molar-refractivity contribution < 1.29 is 13.9 Å². The molecule has 0 saturated carbocycles. The number of thioether (sulfide) groups is 1. The molecule has 0 radical (unpaired) electrons. The van der Waals surface area contributed by atoms with Gasteiger partial charge in [-0.05, 0) is 58.9 Å². The lowest BCUT2D eigenvalue weighted by Crippen LogP contribution is -2.24. The molecule has 1 aromatic heterocycles. The van der Waals surface area contributed by atoms with Crippen molar-refractivity contribution in [2.24, 2.45) is 0 Å². The highest BCUT2D eigenvalue weighted by molar-refractivity contribution is 7.99. The molecule has 0 amide bonds. The Bertz CT molecular complexity index is 688. The van der Waals surface area contributed by atoms with Gasteiger partial charge in [-0.3, -0.25) is 4.79 Å². The highest BCUT2D eigenvalue weighted by Crippen LogP contribution is 2.25. The Balaban J connectivity index is 1.98. The van der Waals surface area contributed by atoms with Gasteiger partial charge in [-0.2, -0.15) is 0 Å². The normalized spacial score (nSPS) is 11.4. The Morgan fingerprint density at radius 1 is 1.16 bits per heavy atom. The Hall–Kier alpha value is -2.02. The number of hydrogen-bond donors (Lipinski definition) is 0. The molecule has 25 heavy (non-hydrogen) atoms. The second-order valence-corrected chi connectivity index (χ2v) is 7.39. The van der Waals surface area contributed by atoms with Crippen LogP contribution in [0.5, 0.6) is 0 Å². The molecule has 0 saturated heterocycles. The largest absolute Gasteiger partial charge is 0.459 e. The van der Waals surface area contributed by atoms with Crippen molar-refractivity contribution in [1.29, 1.82) is 0 Å². The van der Waals surface area contributed by atoms with Crippen molar-refractivity contribution in [3.63, 3.8) is 0 Å². The number of benzene rings is 1. The monoisotopic (exact) mass is 363 g/mol. The fourth-order valence-corrected chi connectivity index (χ4v) is 2.82. The molecule has 2 aromatic rings. The second kappa shape index (κ2) is 8.38. The highest BCUT2D eigenvalue weighted by Gasteiger charge is 2.18. The number of carbonyl (C=O) groups is 1. The Morgan fingerprint density at radius 2 is 1.80 bits per heavy atom. The molecular weight excluding hydrogens is 338 g/mol. The third-order valence-corrected chi connectivity index (χ3v) is 4.17. The number of rotatable bonds is 7. The lowest BCUT2D eigenvalue weighted by molar-refractivity contribution is -0.151. The molecule has 0 bridgehead atoms. The molecule has 0 unspecified atom stereocenters. The Morgan fingerprint density at radius 3 is 2.36 bits per heavy atom. The van der Waals surface area contributed by atoms with E-state index >= 15 is 0 Å². The lowest BCUT2D eigenvalue weighted by atomic mass is 10.2. The number of carbonyl (C=O) groups excluding carboxylic acids is 1. The minimum Gasteiger partial charge on any atom is -0.459 e. The van der Waals surface area contributed by atoms with Gasteiger partial charge in [0.05, 0.1) is 0 Å². The van der Waals surface area contributed by atoms with E-state index in [1.54, 1.807) is 0 Å². The number of esters is 1. The van der Waals surface area contributed by atoms with Gasteiger partial charge in [0.25, 0.3) is 5.22 Å². The van der Waals surface area contributed by atoms with Crippen molar-refractivity contribution in [3.05, 3.63) is 24.3 Å². The van der Waals surface area contributed by atoms with Gasteiger partial charge in [0.15, 0.2) is 0 Å². The van der Waals surface area contributed by atoms with Crippen LogP contribution in [-0.4, -0.2) is 40.6 Å². The first-order valence-corrected chi connectivity index (χ1v) is 9.34. The average molecular weight is 363 g/mol. The molecule has 1 aromatic carbocycles. The van der Waals surface area contributed by atoms with Crippen LogP contribution >= 0.6 is 11.8 Å². The quantitative estimate of drug-likeness (QED) is 0.543. The maximum Gasteiger partial charge on any atom is 0.316 e. The average Bonchev–Trinajstić information content (AvgIpc) is 3.02. The van der Waals surface area contributed by atoms with Crippen molar-refractivity contribution >= 4 is 23.4 Å². The molecule has 136 valence electrons. The third-order valence-electron chi connectivity index (χ3n) is 3.38. The van der Waals surface area contributed by atoms with Gasteiger partial charge >= 0.3 is 5.97 Å². The smallest absolute Gasteiger partial charge is 0.316 e. The summed E-state index contributed by atoms with van der Waals surface area (Å²) in [5.41, 5.74) is 1.52. The fourth-order valence-electron chi connectivity index (χ4n) is 2.28. The molecule has 7 heteroatoms. The maximum absolute atomic E-state index is 11.7. The SMILES string of the molecule is CCN(CC)c1ccc(-c2nnc(SCC(=O)OC(C)(C)C)o2)cc1. The van der Waals surface area contributed by atoms with Crippen molar-refractivity contribution in [3.8, 4) is 11.5 Å². The van der Waals surface area contributed by atoms with Gasteiger partial charge < -0.3 is 14.1 Å². The first kappa shape index (κ1) is 19.3. The first-order valence-electron chi connectivity index (χ1n) is 8.36. The summed E-state index contributed by atoms with van der Waals surface area (Å²) in [6, 6.07) is 8.01. The number of hydrogen-bond acceptors (Lipinski definition) is 7. The van der Waals surface area contributed by atoms with Crippen LogP contribution in [0.3, 0.4) is 0 Å². The summed E-state index contributed by atoms with van der Waals surface area (Å²) in [6.07, 6.45) is 0. The maximum atomic E-state index is 11.7. The zero-order chi connectivity index (χ0) is 18.4. The predicted octanol–water partition coefficient (Wildman–Crippen LogP) is 4.02. The number of nitrogens with zero attached hydrogens (tertiary/aromatic N) is 3. The summed E-state index contributed by atoms with van der Waals surface area (Å²) < 4.78 is 10.9. The van der Waals surface area contributed by atoms with Crippen molar-refractivity contribution in [2.75, 3.05) is 23.7 Å². The molecule has 0 aliphatic rings. The van der Waals surface area contributed by atoms with Gasteiger partial charge in [-0.25, -0.2) is 0 Å². The first-order chi connectivity index (χ1) is 11.8. The van der Waals surface area contributed by atoms with Crippen LogP contribution in [0.1, 0.15) is 34.6 Å². The van der Waals surface area contributed by atoms with E-state index < -0.39 is 5.60 Å². The van der Waals surface area contributed by atoms with Crippen LogP contribution in [0.25, 0.3) is 11.5 Å². The molecule has 0 aliphatic heterocycles. The molecule has 0 N–H and O–H groups in total. The van der Waals surface area contributed by atoms with Gasteiger partial charge in [0.1, 0.15) is 11.4 Å². The second-order valence-electron chi connectivity index (χ2n) is 6.47. The number of anilines is 1. The zero-order valence-electron chi connectivity index (χ0n) is 15.4. The van der Waals surface area contributed by atoms with Crippen molar-refractivity contribution in [1.82, 2.24) is 10.2 Å². The minimum absolute atomic E-state index is 0.139. The molecule has 1 heterocycles. The molecule has 0 spiro atoms. The Labute approximate surface area is 152 Å². The summed E-state index contributed by atoms with van der Waals surface area (Å²) in [6.45, 7) is 11.7. The van der Waals surface area contributed by atoms with Gasteiger partial charge in [0.2, 0.25) is 5.89 Å². The summed E-state index contributed by atoms with van der Waals surface area (Å²) in [4.78, 5) is 14.0. The number of aromatic nitrogens is 2. The van der Waals surface area contributed by atoms with E-state index in [9.17, 15) is 4.79 Å². The fraction of sp³-hybridized carbons (Fsp3) is 0.500. The summed E-state index contributed by atoms with van der Waals surface area (Å²) in [5.74, 6) is 0.276.